The molecule has 1 aliphatic rings. The molecule has 0 spiro atoms. The lowest BCUT2D eigenvalue weighted by molar-refractivity contribution is -0.181. The molecule has 1 aromatic rings. The van der Waals surface area contributed by atoms with Gasteiger partial charge in [-0.25, -0.2) is 4.99 Å². The smallest absolute Gasteiger partial charge is 0.382 e. The lowest BCUT2D eigenvalue weighted by atomic mass is 10.2. The van der Waals surface area contributed by atoms with Crippen LogP contribution >= 0.6 is 24.0 Å². The van der Waals surface area contributed by atoms with E-state index in [1.165, 1.54) is 11.8 Å². The first-order chi connectivity index (χ1) is 13.7. The van der Waals surface area contributed by atoms with E-state index in [-0.39, 0.29) is 24.0 Å². The number of alkyl halides is 3. The van der Waals surface area contributed by atoms with Crippen molar-refractivity contribution in [3.05, 3.63) is 11.6 Å². The molecule has 30 heavy (non-hydrogen) atoms. The van der Waals surface area contributed by atoms with Crippen LogP contribution in [-0.4, -0.2) is 88.7 Å². The summed E-state index contributed by atoms with van der Waals surface area (Å²) in [5, 5.41) is 11.5. The monoisotopic (exact) mass is 547 g/mol. The van der Waals surface area contributed by atoms with Gasteiger partial charge in [0.25, 0.3) is 0 Å². The number of rotatable bonds is 8. The molecule has 174 valence electrons. The van der Waals surface area contributed by atoms with Gasteiger partial charge in [-0.1, -0.05) is 0 Å². The molecule has 1 N–H and O–H groups in total. The summed E-state index contributed by atoms with van der Waals surface area (Å²) < 4.78 is 46.2. The molecule has 0 aliphatic carbocycles. The van der Waals surface area contributed by atoms with Gasteiger partial charge in [-0.15, -0.1) is 34.2 Å². The maximum Gasteiger partial charge on any atom is 0.403 e. The summed E-state index contributed by atoms with van der Waals surface area (Å²) in [6.07, 6.45) is -3.39. The van der Waals surface area contributed by atoms with Crippen LogP contribution in [0.15, 0.2) is 4.99 Å². The van der Waals surface area contributed by atoms with Gasteiger partial charge in [0.05, 0.1) is 0 Å². The quantitative estimate of drug-likeness (QED) is 0.233. The van der Waals surface area contributed by atoms with E-state index in [4.69, 9.17) is 4.74 Å². The van der Waals surface area contributed by atoms with Crippen LogP contribution in [0.25, 0.3) is 0 Å². The predicted molar refractivity (Wildman–Crippen MR) is 120 cm³/mol. The third kappa shape index (κ3) is 7.84. The summed E-state index contributed by atoms with van der Waals surface area (Å²) in [4.78, 5) is 8.13. The van der Waals surface area contributed by atoms with Crippen molar-refractivity contribution >= 4 is 29.9 Å². The Labute approximate surface area is 193 Å². The summed E-state index contributed by atoms with van der Waals surface area (Å²) >= 11 is 0. The van der Waals surface area contributed by atoms with Crippen LogP contribution in [0.1, 0.15) is 31.9 Å². The Hall–Kier alpha value is -1.15. The zero-order valence-corrected chi connectivity index (χ0v) is 20.4. The molecule has 0 radical (unpaired) electrons. The van der Waals surface area contributed by atoms with Crippen LogP contribution in [0.2, 0.25) is 0 Å². The Morgan fingerprint density at radius 3 is 2.43 bits per heavy atom. The molecule has 2 rings (SSSR count). The van der Waals surface area contributed by atoms with Gasteiger partial charge in [0, 0.05) is 53.0 Å². The second kappa shape index (κ2) is 12.6. The molecule has 2 heterocycles. The van der Waals surface area contributed by atoms with E-state index in [1.807, 2.05) is 30.4 Å². The second-order valence-electron chi connectivity index (χ2n) is 7.08. The highest BCUT2D eigenvalue weighted by atomic mass is 127. The van der Waals surface area contributed by atoms with Gasteiger partial charge < -0.3 is 19.5 Å². The number of aryl methyl sites for hydroxylation is 1. The number of nitrogens with zero attached hydrogens (tertiary/aromatic N) is 6. The maximum absolute atomic E-state index is 13.0. The summed E-state index contributed by atoms with van der Waals surface area (Å²) in [7, 11) is 1.88. The Morgan fingerprint density at radius 1 is 1.23 bits per heavy atom. The van der Waals surface area contributed by atoms with Crippen molar-refractivity contribution in [3.8, 4) is 0 Å². The zero-order valence-electron chi connectivity index (χ0n) is 18.1. The first-order valence-corrected chi connectivity index (χ1v) is 10.0. The lowest BCUT2D eigenvalue weighted by Crippen LogP contribution is -2.56. The van der Waals surface area contributed by atoms with E-state index in [9.17, 15) is 13.2 Å². The van der Waals surface area contributed by atoms with Crippen LogP contribution in [0, 0.1) is 6.92 Å². The van der Waals surface area contributed by atoms with Gasteiger partial charge in [-0.3, -0.25) is 4.90 Å². The normalized spacial score (nSPS) is 17.0. The molecular weight excluding hydrogens is 514 g/mol. The molecule has 12 heteroatoms. The van der Waals surface area contributed by atoms with E-state index in [2.05, 4.69) is 20.5 Å². The molecule has 0 saturated carbocycles. The highest BCUT2D eigenvalue weighted by molar-refractivity contribution is 14.0. The Balaban J connectivity index is 0.00000450. The van der Waals surface area contributed by atoms with Crippen LogP contribution < -0.4 is 5.32 Å². The zero-order chi connectivity index (χ0) is 21.4. The van der Waals surface area contributed by atoms with Crippen LogP contribution in [0.3, 0.4) is 0 Å². The number of piperazine rings is 1. The Bertz CT molecular complexity index is 661. The van der Waals surface area contributed by atoms with Crippen LogP contribution in [0.4, 0.5) is 13.2 Å². The SMILES string of the molecule is CCOCCCNC(=NCc1nnc(C)n1C)N1CCN(C(C)C(F)(F)F)CC1.I. The first kappa shape index (κ1) is 26.9. The summed E-state index contributed by atoms with van der Waals surface area (Å²) in [6.45, 7) is 9.02. The summed E-state index contributed by atoms with van der Waals surface area (Å²) in [6, 6.07) is -1.44. The molecule has 0 amide bonds. The number of aliphatic imine (C=N–C) groups is 1. The predicted octanol–water partition coefficient (Wildman–Crippen LogP) is 2.18. The molecule has 8 nitrogen and oxygen atoms in total. The number of hydrogen-bond acceptors (Lipinski definition) is 5. The number of hydrogen-bond donors (Lipinski definition) is 1. The number of aromatic nitrogens is 3. The highest BCUT2D eigenvalue weighted by Gasteiger charge is 2.41. The minimum absolute atomic E-state index is 0. The largest absolute Gasteiger partial charge is 0.403 e. The maximum atomic E-state index is 13.0. The minimum Gasteiger partial charge on any atom is -0.382 e. The molecule has 1 aromatic heterocycles. The fourth-order valence-electron chi connectivity index (χ4n) is 3.05. The minimum atomic E-state index is -4.21. The number of ether oxygens (including phenoxy) is 1. The van der Waals surface area contributed by atoms with E-state index in [0.717, 1.165) is 18.1 Å². The molecule has 1 saturated heterocycles. The van der Waals surface area contributed by atoms with Crippen molar-refractivity contribution in [2.75, 3.05) is 45.9 Å². The molecule has 1 atom stereocenters. The Morgan fingerprint density at radius 2 is 1.90 bits per heavy atom. The molecular formula is C18H33F3IN7O. The average molecular weight is 547 g/mol. The van der Waals surface area contributed by atoms with Gasteiger partial charge in [-0.05, 0) is 27.2 Å². The van der Waals surface area contributed by atoms with Crippen molar-refractivity contribution in [2.24, 2.45) is 12.0 Å². The van der Waals surface area contributed by atoms with Crippen LogP contribution in [0.5, 0.6) is 0 Å². The number of guanidine groups is 1. The number of nitrogens with one attached hydrogen (secondary N) is 1. The topological polar surface area (TPSA) is 70.8 Å². The van der Waals surface area contributed by atoms with Gasteiger partial charge in [-0.2, -0.15) is 13.2 Å². The highest BCUT2D eigenvalue weighted by Crippen LogP contribution is 2.25. The lowest BCUT2D eigenvalue weighted by Gasteiger charge is -2.39. The summed E-state index contributed by atoms with van der Waals surface area (Å²) in [5.74, 6) is 2.22. The third-order valence-electron chi connectivity index (χ3n) is 5.14. The molecule has 0 aromatic carbocycles. The van der Waals surface area contributed by atoms with Crippen molar-refractivity contribution in [3.63, 3.8) is 0 Å². The van der Waals surface area contributed by atoms with Gasteiger partial charge in [0.15, 0.2) is 11.8 Å². The van der Waals surface area contributed by atoms with E-state index < -0.39 is 12.2 Å². The fourth-order valence-corrected chi connectivity index (χ4v) is 3.05. The molecule has 0 bridgehead atoms. The third-order valence-corrected chi connectivity index (χ3v) is 5.14. The average Bonchev–Trinajstić information content (AvgIpc) is 3.01. The van der Waals surface area contributed by atoms with E-state index in [1.54, 1.807) is 0 Å². The van der Waals surface area contributed by atoms with E-state index >= 15 is 0 Å². The standard InChI is InChI=1S/C18H32F3N7O.HI/c1-5-29-12-6-7-22-17(23-13-16-25-24-15(3)26(16)4)28-10-8-27(9-11-28)14(2)18(19,20)21;/h14H,5-13H2,1-4H3,(H,22,23);1H. The van der Waals surface area contributed by atoms with Crippen molar-refractivity contribution in [1.29, 1.82) is 0 Å². The molecule has 1 unspecified atom stereocenters. The van der Waals surface area contributed by atoms with Crippen LogP contribution in [-0.2, 0) is 18.3 Å². The number of halogens is 4. The van der Waals surface area contributed by atoms with Gasteiger partial charge in [0.1, 0.15) is 18.4 Å². The Kier molecular flexibility index (Phi) is 11.3. The van der Waals surface area contributed by atoms with Crippen molar-refractivity contribution in [2.45, 2.75) is 46.0 Å². The second-order valence-corrected chi connectivity index (χ2v) is 7.08. The van der Waals surface area contributed by atoms with Gasteiger partial charge in [0.2, 0.25) is 0 Å². The van der Waals surface area contributed by atoms with E-state index in [0.29, 0.717) is 58.4 Å². The summed E-state index contributed by atoms with van der Waals surface area (Å²) in [5.41, 5.74) is 0. The first-order valence-electron chi connectivity index (χ1n) is 10.0. The molecule has 1 aliphatic heterocycles. The fraction of sp³-hybridized carbons (Fsp3) is 0.833. The van der Waals surface area contributed by atoms with Crippen molar-refractivity contribution < 1.29 is 17.9 Å². The van der Waals surface area contributed by atoms with Crippen molar-refractivity contribution in [1.82, 2.24) is 29.9 Å². The van der Waals surface area contributed by atoms with Gasteiger partial charge >= 0.3 is 6.18 Å². The molecule has 1 fully saturated rings.